The Balaban J connectivity index is 1.85. The van der Waals surface area contributed by atoms with E-state index < -0.39 is 0 Å². The van der Waals surface area contributed by atoms with Crippen LogP contribution in [-0.2, 0) is 9.53 Å². The Kier molecular flexibility index (Phi) is 5.64. The first-order chi connectivity index (χ1) is 9.65. The maximum absolute atomic E-state index is 11.2. The molecule has 3 unspecified atom stereocenters. The van der Waals surface area contributed by atoms with Crippen molar-refractivity contribution in [1.82, 2.24) is 0 Å². The van der Waals surface area contributed by atoms with Crippen LogP contribution in [0.1, 0.15) is 51.9 Å². The molecule has 114 valence electrons. The summed E-state index contributed by atoms with van der Waals surface area (Å²) in [4.78, 5) is 11.2. The summed E-state index contributed by atoms with van der Waals surface area (Å²) in [7, 11) is 1.45. The number of esters is 1. The van der Waals surface area contributed by atoms with E-state index >= 15 is 0 Å². The molecule has 3 heteroatoms. The lowest BCUT2D eigenvalue weighted by molar-refractivity contribution is -0.140. The Hall–Kier alpha value is -0.830. The van der Waals surface area contributed by atoms with Gasteiger partial charge in [0, 0.05) is 12.3 Å². The fraction of sp³-hybridized carbons (Fsp3) is 0.824. The van der Waals surface area contributed by atoms with Gasteiger partial charge in [0.1, 0.15) is 0 Å². The number of ether oxygens (including phenoxy) is 1. The first kappa shape index (κ1) is 15.6. The van der Waals surface area contributed by atoms with Crippen molar-refractivity contribution < 1.29 is 14.6 Å². The van der Waals surface area contributed by atoms with Crippen LogP contribution in [0.4, 0.5) is 0 Å². The Morgan fingerprint density at radius 2 is 2.15 bits per heavy atom. The Morgan fingerprint density at radius 3 is 2.85 bits per heavy atom. The fourth-order valence-corrected chi connectivity index (χ4v) is 4.12. The number of carbonyl (C=O) groups excluding carboxylic acids is 1. The van der Waals surface area contributed by atoms with Crippen LogP contribution in [0.15, 0.2) is 12.2 Å². The van der Waals surface area contributed by atoms with Crippen LogP contribution in [0.2, 0.25) is 0 Å². The van der Waals surface area contributed by atoms with E-state index in [1.165, 1.54) is 20.0 Å². The standard InChI is InChI=1S/C17H28O3/c1-3-4-5-6-14-15-10-12(7-8-17(19)20-2)9-13(15)11-16(14)18/h5-6,12-16,18H,3-4,7-11H2,1-2H3/b6-5+/t12?,13?,14-,15?,16-/m1/s1. The van der Waals surface area contributed by atoms with Crippen molar-refractivity contribution in [1.29, 1.82) is 0 Å². The number of methoxy groups -OCH3 is 1. The minimum atomic E-state index is -0.153. The fourth-order valence-electron chi connectivity index (χ4n) is 4.12. The third-order valence-electron chi connectivity index (χ3n) is 5.13. The Bertz CT molecular complexity index is 350. The van der Waals surface area contributed by atoms with Crippen LogP contribution in [0.25, 0.3) is 0 Å². The van der Waals surface area contributed by atoms with Crippen molar-refractivity contribution in [3.05, 3.63) is 12.2 Å². The quantitative estimate of drug-likeness (QED) is 0.599. The highest BCUT2D eigenvalue weighted by Crippen LogP contribution is 2.51. The number of unbranched alkanes of at least 4 members (excludes halogenated alkanes) is 1. The zero-order chi connectivity index (χ0) is 14.5. The molecule has 5 atom stereocenters. The number of allylic oxidation sites excluding steroid dienone is 1. The molecule has 3 nitrogen and oxygen atoms in total. The van der Waals surface area contributed by atoms with Gasteiger partial charge in [0.15, 0.2) is 0 Å². The summed E-state index contributed by atoms with van der Waals surface area (Å²) < 4.78 is 4.72. The largest absolute Gasteiger partial charge is 0.469 e. The second kappa shape index (κ2) is 7.26. The SMILES string of the molecule is CCC/C=C/[C@@H]1C2CC(CCC(=O)OC)CC2C[C@H]1O. The lowest BCUT2D eigenvalue weighted by Crippen LogP contribution is -2.17. The van der Waals surface area contributed by atoms with E-state index in [0.29, 0.717) is 30.1 Å². The van der Waals surface area contributed by atoms with E-state index in [1.807, 2.05) is 0 Å². The minimum Gasteiger partial charge on any atom is -0.469 e. The highest BCUT2D eigenvalue weighted by molar-refractivity contribution is 5.69. The number of hydrogen-bond acceptors (Lipinski definition) is 3. The average molecular weight is 280 g/mol. The first-order valence-electron chi connectivity index (χ1n) is 8.07. The molecule has 2 aliphatic carbocycles. The molecule has 0 aromatic carbocycles. The van der Waals surface area contributed by atoms with Crippen molar-refractivity contribution in [2.24, 2.45) is 23.7 Å². The average Bonchev–Trinajstić information content (AvgIpc) is 2.94. The molecule has 0 bridgehead atoms. The number of carbonyl (C=O) groups is 1. The molecule has 2 aliphatic rings. The summed E-state index contributed by atoms with van der Waals surface area (Å²) >= 11 is 0. The Morgan fingerprint density at radius 1 is 1.35 bits per heavy atom. The smallest absolute Gasteiger partial charge is 0.305 e. The second-order valence-electron chi connectivity index (χ2n) is 6.47. The van der Waals surface area contributed by atoms with Gasteiger partial charge >= 0.3 is 5.97 Å². The van der Waals surface area contributed by atoms with Gasteiger partial charge in [-0.25, -0.2) is 0 Å². The predicted octanol–water partition coefficient (Wildman–Crippen LogP) is 3.32. The zero-order valence-electron chi connectivity index (χ0n) is 12.8. The normalized spacial score (nSPS) is 36.5. The number of hydrogen-bond donors (Lipinski definition) is 1. The van der Waals surface area contributed by atoms with E-state index in [2.05, 4.69) is 19.1 Å². The lowest BCUT2D eigenvalue weighted by Gasteiger charge is -2.18. The molecular weight excluding hydrogens is 252 g/mol. The molecule has 0 aromatic rings. The maximum Gasteiger partial charge on any atom is 0.305 e. The molecule has 20 heavy (non-hydrogen) atoms. The molecule has 0 radical (unpaired) electrons. The van der Waals surface area contributed by atoms with Crippen molar-refractivity contribution >= 4 is 5.97 Å². The lowest BCUT2D eigenvalue weighted by atomic mass is 9.89. The summed E-state index contributed by atoms with van der Waals surface area (Å²) in [5.74, 6) is 2.17. The molecule has 0 saturated heterocycles. The molecule has 0 aliphatic heterocycles. The van der Waals surface area contributed by atoms with Crippen molar-refractivity contribution in [2.45, 2.75) is 58.0 Å². The number of aliphatic hydroxyl groups excluding tert-OH is 1. The zero-order valence-corrected chi connectivity index (χ0v) is 12.8. The summed E-state index contributed by atoms with van der Waals surface area (Å²) in [6.07, 6.45) is 11.4. The van der Waals surface area contributed by atoms with Crippen molar-refractivity contribution in [3.63, 3.8) is 0 Å². The van der Waals surface area contributed by atoms with Gasteiger partial charge in [0.25, 0.3) is 0 Å². The molecule has 0 heterocycles. The summed E-state index contributed by atoms with van der Waals surface area (Å²) in [5, 5.41) is 10.2. The molecule has 0 spiro atoms. The van der Waals surface area contributed by atoms with Crippen LogP contribution < -0.4 is 0 Å². The van der Waals surface area contributed by atoms with Gasteiger partial charge in [-0.15, -0.1) is 0 Å². The molecular formula is C17H28O3. The third kappa shape index (κ3) is 3.63. The molecule has 1 N–H and O–H groups in total. The summed E-state index contributed by atoms with van der Waals surface area (Å²) in [5.41, 5.74) is 0. The van der Waals surface area contributed by atoms with Gasteiger partial charge in [0.2, 0.25) is 0 Å². The molecule has 2 fully saturated rings. The van der Waals surface area contributed by atoms with Crippen LogP contribution in [0.5, 0.6) is 0 Å². The third-order valence-corrected chi connectivity index (χ3v) is 5.13. The topological polar surface area (TPSA) is 46.5 Å². The summed E-state index contributed by atoms with van der Waals surface area (Å²) in [6, 6.07) is 0. The second-order valence-corrected chi connectivity index (χ2v) is 6.47. The molecule has 0 amide bonds. The monoisotopic (exact) mass is 280 g/mol. The van der Waals surface area contributed by atoms with Gasteiger partial charge in [0.05, 0.1) is 13.2 Å². The van der Waals surface area contributed by atoms with Gasteiger partial charge in [-0.1, -0.05) is 25.5 Å². The van der Waals surface area contributed by atoms with Crippen LogP contribution >= 0.6 is 0 Å². The maximum atomic E-state index is 11.2. The van der Waals surface area contributed by atoms with Crippen molar-refractivity contribution in [3.8, 4) is 0 Å². The molecule has 2 rings (SSSR count). The van der Waals surface area contributed by atoms with E-state index in [-0.39, 0.29) is 12.1 Å². The van der Waals surface area contributed by atoms with Gasteiger partial charge in [-0.05, 0) is 49.9 Å². The van der Waals surface area contributed by atoms with E-state index in [4.69, 9.17) is 4.74 Å². The van der Waals surface area contributed by atoms with Crippen LogP contribution in [0.3, 0.4) is 0 Å². The highest BCUT2D eigenvalue weighted by Gasteiger charge is 2.46. The summed E-state index contributed by atoms with van der Waals surface area (Å²) in [6.45, 7) is 2.18. The van der Waals surface area contributed by atoms with E-state index in [9.17, 15) is 9.90 Å². The van der Waals surface area contributed by atoms with Crippen molar-refractivity contribution in [2.75, 3.05) is 7.11 Å². The van der Waals surface area contributed by atoms with Gasteiger partial charge in [-0.2, -0.15) is 0 Å². The highest BCUT2D eigenvalue weighted by atomic mass is 16.5. The van der Waals surface area contributed by atoms with Gasteiger partial charge in [-0.3, -0.25) is 4.79 Å². The first-order valence-corrected chi connectivity index (χ1v) is 8.07. The van der Waals surface area contributed by atoms with E-state index in [0.717, 1.165) is 25.7 Å². The van der Waals surface area contributed by atoms with Crippen LogP contribution in [0, 0.1) is 23.7 Å². The minimum absolute atomic E-state index is 0.0958. The molecule has 0 aromatic heterocycles. The number of rotatable bonds is 6. The molecule has 2 saturated carbocycles. The number of aliphatic hydroxyl groups is 1. The van der Waals surface area contributed by atoms with E-state index in [1.54, 1.807) is 0 Å². The van der Waals surface area contributed by atoms with Crippen LogP contribution in [-0.4, -0.2) is 24.3 Å². The number of fused-ring (bicyclic) bond motifs is 1. The Labute approximate surface area is 122 Å². The predicted molar refractivity (Wildman–Crippen MR) is 79.1 cm³/mol. The van der Waals surface area contributed by atoms with Gasteiger partial charge < -0.3 is 9.84 Å².